The Morgan fingerprint density at radius 2 is 1.83 bits per heavy atom. The van der Waals surface area contributed by atoms with E-state index in [0.29, 0.717) is 33.0 Å². The van der Waals surface area contributed by atoms with E-state index in [0.717, 1.165) is 21.1 Å². The fourth-order valence-electron chi connectivity index (χ4n) is 3.17. The molecule has 30 heavy (non-hydrogen) atoms. The number of para-hydroxylation sites is 2. The summed E-state index contributed by atoms with van der Waals surface area (Å²) in [7, 11) is 3.08. The number of methoxy groups -OCH3 is 2. The van der Waals surface area contributed by atoms with Crippen molar-refractivity contribution in [1.29, 1.82) is 0 Å². The second kappa shape index (κ2) is 8.49. The Hall–Kier alpha value is -2.84. The lowest BCUT2D eigenvalue weighted by Gasteiger charge is -2.14. The molecule has 0 radical (unpaired) electrons. The molecule has 0 aliphatic heterocycles. The van der Waals surface area contributed by atoms with Crippen LogP contribution in [-0.2, 0) is 0 Å². The molecule has 0 atom stereocenters. The van der Waals surface area contributed by atoms with Crippen LogP contribution in [0.5, 0.6) is 11.5 Å². The minimum atomic E-state index is -0.325. The summed E-state index contributed by atoms with van der Waals surface area (Å²) in [4.78, 5) is 21.0. The minimum absolute atomic E-state index is 0.325. The molecule has 1 heterocycles. The van der Waals surface area contributed by atoms with E-state index in [1.807, 2.05) is 42.5 Å². The zero-order valence-corrected chi connectivity index (χ0v) is 19.3. The van der Waals surface area contributed by atoms with Gasteiger partial charge in [0.25, 0.3) is 5.91 Å². The van der Waals surface area contributed by atoms with Crippen molar-refractivity contribution >= 4 is 54.5 Å². The van der Waals surface area contributed by atoms with Crippen LogP contribution >= 0.6 is 31.9 Å². The summed E-state index contributed by atoms with van der Waals surface area (Å²) >= 11 is 6.84. The number of aromatic nitrogens is 2. The number of imidazole rings is 1. The SMILES string of the molecule is COc1ccc(-c2nc3ccccc3[nH]2)cc1NC(=O)c1cc(Br)cc(Br)c1OC. The maximum absolute atomic E-state index is 13.0. The predicted octanol–water partition coefficient (Wildman–Crippen LogP) is 6.02. The molecule has 0 aliphatic carbocycles. The van der Waals surface area contributed by atoms with Gasteiger partial charge in [0, 0.05) is 10.0 Å². The van der Waals surface area contributed by atoms with Gasteiger partial charge in [0.1, 0.15) is 17.3 Å². The molecule has 0 aliphatic rings. The number of amides is 1. The van der Waals surface area contributed by atoms with Gasteiger partial charge in [-0.3, -0.25) is 4.79 Å². The van der Waals surface area contributed by atoms with Crippen LogP contribution in [0.2, 0.25) is 0 Å². The Bertz CT molecular complexity index is 1220. The Morgan fingerprint density at radius 3 is 2.57 bits per heavy atom. The van der Waals surface area contributed by atoms with Crippen molar-refractivity contribution in [2.45, 2.75) is 0 Å². The third-order valence-corrected chi connectivity index (χ3v) is 5.61. The number of hydrogen-bond donors (Lipinski definition) is 2. The zero-order valence-electron chi connectivity index (χ0n) is 16.1. The number of carbonyl (C=O) groups excluding carboxylic acids is 1. The van der Waals surface area contributed by atoms with Crippen LogP contribution in [-0.4, -0.2) is 30.1 Å². The number of carbonyl (C=O) groups is 1. The average molecular weight is 531 g/mol. The van der Waals surface area contributed by atoms with E-state index in [-0.39, 0.29) is 5.91 Å². The molecule has 152 valence electrons. The number of nitrogens with zero attached hydrogens (tertiary/aromatic N) is 1. The Labute approximate surface area is 189 Å². The van der Waals surface area contributed by atoms with Crippen molar-refractivity contribution in [2.24, 2.45) is 0 Å². The molecular formula is C22H17Br2N3O3. The van der Waals surface area contributed by atoms with Crippen LogP contribution in [0.25, 0.3) is 22.4 Å². The standard InChI is InChI=1S/C22H17Br2N3O3/c1-29-19-8-7-12(21-25-16-5-3-4-6-17(16)26-21)9-18(19)27-22(28)14-10-13(23)11-15(24)20(14)30-2/h3-11H,1-2H3,(H,25,26)(H,27,28). The van der Waals surface area contributed by atoms with Crippen molar-refractivity contribution in [1.82, 2.24) is 9.97 Å². The van der Waals surface area contributed by atoms with Crippen molar-refractivity contribution < 1.29 is 14.3 Å². The molecule has 4 aromatic rings. The summed E-state index contributed by atoms with van der Waals surface area (Å²) in [6.45, 7) is 0. The smallest absolute Gasteiger partial charge is 0.259 e. The first kappa shape index (κ1) is 20.4. The highest BCUT2D eigenvalue weighted by atomic mass is 79.9. The number of anilines is 1. The molecule has 3 aromatic carbocycles. The van der Waals surface area contributed by atoms with Crippen molar-refractivity contribution in [3.63, 3.8) is 0 Å². The molecule has 0 saturated carbocycles. The van der Waals surface area contributed by atoms with Crippen LogP contribution in [0.4, 0.5) is 5.69 Å². The van der Waals surface area contributed by atoms with E-state index < -0.39 is 0 Å². The molecule has 2 N–H and O–H groups in total. The molecular weight excluding hydrogens is 514 g/mol. The lowest BCUT2D eigenvalue weighted by Crippen LogP contribution is -2.14. The highest BCUT2D eigenvalue weighted by molar-refractivity contribution is 9.11. The molecule has 6 nitrogen and oxygen atoms in total. The van der Waals surface area contributed by atoms with E-state index in [2.05, 4.69) is 47.1 Å². The molecule has 0 fully saturated rings. The third kappa shape index (κ3) is 3.93. The Kier molecular flexibility index (Phi) is 5.78. The minimum Gasteiger partial charge on any atom is -0.495 e. The summed E-state index contributed by atoms with van der Waals surface area (Å²) in [6.07, 6.45) is 0. The number of halogens is 2. The van der Waals surface area contributed by atoms with Crippen LogP contribution in [0.3, 0.4) is 0 Å². The molecule has 1 aromatic heterocycles. The first-order valence-corrected chi connectivity index (χ1v) is 10.6. The van der Waals surface area contributed by atoms with Crippen LogP contribution in [0, 0.1) is 0 Å². The van der Waals surface area contributed by atoms with Crippen LogP contribution < -0.4 is 14.8 Å². The van der Waals surface area contributed by atoms with Gasteiger partial charge < -0.3 is 19.8 Å². The molecule has 0 saturated heterocycles. The van der Waals surface area contributed by atoms with Crippen molar-refractivity contribution in [2.75, 3.05) is 19.5 Å². The van der Waals surface area contributed by atoms with E-state index in [4.69, 9.17) is 9.47 Å². The van der Waals surface area contributed by atoms with Gasteiger partial charge in [-0.1, -0.05) is 28.1 Å². The van der Waals surface area contributed by atoms with Gasteiger partial charge in [-0.05, 0) is 58.4 Å². The summed E-state index contributed by atoms with van der Waals surface area (Å²) in [5.41, 5.74) is 3.55. The largest absolute Gasteiger partial charge is 0.495 e. The first-order valence-electron chi connectivity index (χ1n) is 8.97. The molecule has 8 heteroatoms. The Morgan fingerprint density at radius 1 is 1.03 bits per heavy atom. The van der Waals surface area contributed by atoms with Gasteiger partial charge >= 0.3 is 0 Å². The van der Waals surface area contributed by atoms with Gasteiger partial charge in [-0.25, -0.2) is 4.98 Å². The molecule has 0 unspecified atom stereocenters. The number of fused-ring (bicyclic) bond motifs is 1. The van der Waals surface area contributed by atoms with E-state index in [1.165, 1.54) is 7.11 Å². The summed E-state index contributed by atoms with van der Waals surface area (Å²) in [5.74, 6) is 1.37. The quantitative estimate of drug-likeness (QED) is 0.330. The fraction of sp³-hybridized carbons (Fsp3) is 0.0909. The lowest BCUT2D eigenvalue weighted by molar-refractivity contribution is 0.102. The number of nitrogens with one attached hydrogen (secondary N) is 2. The maximum atomic E-state index is 13.0. The van der Waals surface area contributed by atoms with Gasteiger partial charge in [0.2, 0.25) is 0 Å². The number of aromatic amines is 1. The molecule has 4 rings (SSSR count). The Balaban J connectivity index is 1.72. The second-order valence-corrected chi connectivity index (χ2v) is 8.21. The highest BCUT2D eigenvalue weighted by Crippen LogP contribution is 2.35. The number of ether oxygens (including phenoxy) is 2. The molecule has 0 bridgehead atoms. The maximum Gasteiger partial charge on any atom is 0.259 e. The number of H-pyrrole nitrogens is 1. The number of benzene rings is 3. The normalized spacial score (nSPS) is 10.8. The lowest BCUT2D eigenvalue weighted by atomic mass is 10.1. The van der Waals surface area contributed by atoms with Gasteiger partial charge in [0.05, 0.1) is 41.0 Å². The topological polar surface area (TPSA) is 76.2 Å². The van der Waals surface area contributed by atoms with Crippen molar-refractivity contribution in [3.05, 3.63) is 69.1 Å². The zero-order chi connectivity index (χ0) is 21.3. The summed E-state index contributed by atoms with van der Waals surface area (Å²) < 4.78 is 12.3. The first-order chi connectivity index (χ1) is 14.5. The third-order valence-electron chi connectivity index (χ3n) is 4.57. The predicted molar refractivity (Wildman–Crippen MR) is 124 cm³/mol. The van der Waals surface area contributed by atoms with E-state index in [9.17, 15) is 4.79 Å². The van der Waals surface area contributed by atoms with Crippen LogP contribution in [0.1, 0.15) is 10.4 Å². The highest BCUT2D eigenvalue weighted by Gasteiger charge is 2.19. The van der Waals surface area contributed by atoms with Gasteiger partial charge in [-0.15, -0.1) is 0 Å². The molecule has 1 amide bonds. The average Bonchev–Trinajstić information content (AvgIpc) is 3.17. The number of hydrogen-bond acceptors (Lipinski definition) is 4. The summed E-state index contributed by atoms with van der Waals surface area (Å²) in [6, 6.07) is 16.8. The van der Waals surface area contributed by atoms with Gasteiger partial charge in [0.15, 0.2) is 0 Å². The van der Waals surface area contributed by atoms with E-state index in [1.54, 1.807) is 19.2 Å². The van der Waals surface area contributed by atoms with E-state index >= 15 is 0 Å². The second-order valence-electron chi connectivity index (χ2n) is 6.44. The van der Waals surface area contributed by atoms with Gasteiger partial charge in [-0.2, -0.15) is 0 Å². The number of rotatable bonds is 5. The van der Waals surface area contributed by atoms with Crippen LogP contribution in [0.15, 0.2) is 63.5 Å². The monoisotopic (exact) mass is 529 g/mol. The molecule has 0 spiro atoms. The fourth-order valence-corrected chi connectivity index (χ4v) is 4.56. The van der Waals surface area contributed by atoms with Crippen molar-refractivity contribution in [3.8, 4) is 22.9 Å². The summed E-state index contributed by atoms with van der Waals surface area (Å²) in [5, 5.41) is 2.92.